The summed E-state index contributed by atoms with van der Waals surface area (Å²) >= 11 is 4.53. The molecule has 2 heterocycles. The smallest absolute Gasteiger partial charge is 0.314 e. The molecule has 2 aromatic heterocycles. The second-order valence-electron chi connectivity index (χ2n) is 8.67. The van der Waals surface area contributed by atoms with Crippen LogP contribution in [0.25, 0.3) is 0 Å². The van der Waals surface area contributed by atoms with Crippen LogP contribution in [-0.4, -0.2) is 73.1 Å². The third-order valence-electron chi connectivity index (χ3n) is 5.04. The summed E-state index contributed by atoms with van der Waals surface area (Å²) in [6.07, 6.45) is 12.1. The van der Waals surface area contributed by atoms with Gasteiger partial charge >= 0.3 is 11.8 Å². The molecule has 0 bridgehead atoms. The molecule has 40 heavy (non-hydrogen) atoms. The summed E-state index contributed by atoms with van der Waals surface area (Å²) in [5.41, 5.74) is 10.8. The number of aryl methyl sites for hydroxylation is 1. The van der Waals surface area contributed by atoms with E-state index in [1.54, 1.807) is 12.1 Å². The highest BCUT2D eigenvalue weighted by Gasteiger charge is 2.10. The third kappa shape index (κ3) is 22.1. The SMILES string of the molecule is C1CCCCC1.CC=O.CCN(C)C.CNCCc1nc(C(N)=O)sc1C.NC(=O)C(=O)Nc1ccc(Br)cn1. The highest BCUT2D eigenvalue weighted by atomic mass is 79.9. The number of pyridine rings is 1. The fourth-order valence-corrected chi connectivity index (χ4v) is 3.74. The maximum atomic E-state index is 10.8. The van der Waals surface area contributed by atoms with E-state index in [0.29, 0.717) is 5.01 Å². The van der Waals surface area contributed by atoms with Crippen molar-refractivity contribution in [3.8, 4) is 0 Å². The van der Waals surface area contributed by atoms with Gasteiger partial charge in [0.25, 0.3) is 5.91 Å². The molecule has 1 fully saturated rings. The molecular weight excluding hydrogens is 598 g/mol. The Balaban J connectivity index is 0. The Morgan fingerprint density at radius 3 is 1.93 bits per heavy atom. The minimum Gasteiger partial charge on any atom is -0.364 e. The number of aldehydes is 1. The molecular formula is C27H46BrN7O4S. The number of hydrogen-bond acceptors (Lipinski definition) is 9. The maximum absolute atomic E-state index is 10.8. The van der Waals surface area contributed by atoms with Gasteiger partial charge in [-0.15, -0.1) is 11.3 Å². The molecule has 2 aromatic rings. The van der Waals surface area contributed by atoms with Gasteiger partial charge < -0.3 is 31.8 Å². The number of thiazole rings is 1. The van der Waals surface area contributed by atoms with E-state index < -0.39 is 17.7 Å². The molecule has 0 unspecified atom stereocenters. The number of nitrogens with zero attached hydrogens (tertiary/aromatic N) is 3. The number of likely N-dealkylation sites (N-methyl/N-ethyl adjacent to an activating group) is 1. The normalized spacial score (nSPS) is 11.5. The number of nitrogens with one attached hydrogen (secondary N) is 2. The van der Waals surface area contributed by atoms with Crippen LogP contribution in [0.4, 0.5) is 5.82 Å². The number of amides is 3. The molecule has 0 spiro atoms. The molecule has 0 radical (unpaired) electrons. The number of carbonyl (C=O) groups excluding carboxylic acids is 4. The Morgan fingerprint density at radius 2 is 1.60 bits per heavy atom. The zero-order valence-corrected chi connectivity index (χ0v) is 27.0. The number of rotatable bonds is 6. The predicted molar refractivity (Wildman–Crippen MR) is 166 cm³/mol. The highest BCUT2D eigenvalue weighted by molar-refractivity contribution is 9.10. The zero-order valence-electron chi connectivity index (χ0n) is 24.6. The maximum Gasteiger partial charge on any atom is 0.314 e. The van der Waals surface area contributed by atoms with E-state index in [4.69, 9.17) is 16.3 Å². The van der Waals surface area contributed by atoms with Crippen LogP contribution in [0.5, 0.6) is 0 Å². The summed E-state index contributed by atoms with van der Waals surface area (Å²) in [5, 5.41) is 5.66. The van der Waals surface area contributed by atoms with Crippen molar-refractivity contribution in [3.63, 3.8) is 0 Å². The molecule has 11 nitrogen and oxygen atoms in total. The molecule has 1 saturated carbocycles. The molecule has 13 heteroatoms. The van der Waals surface area contributed by atoms with Crippen LogP contribution >= 0.6 is 27.3 Å². The Labute approximate surface area is 251 Å². The number of anilines is 1. The van der Waals surface area contributed by atoms with Gasteiger partial charge in [0.15, 0.2) is 5.01 Å². The van der Waals surface area contributed by atoms with Crippen molar-refractivity contribution in [2.45, 2.75) is 65.7 Å². The fraction of sp³-hybridized carbons (Fsp3) is 0.556. The highest BCUT2D eigenvalue weighted by Crippen LogP contribution is 2.17. The van der Waals surface area contributed by atoms with E-state index >= 15 is 0 Å². The van der Waals surface area contributed by atoms with E-state index in [9.17, 15) is 14.4 Å². The lowest BCUT2D eigenvalue weighted by molar-refractivity contribution is -0.134. The molecule has 6 N–H and O–H groups in total. The van der Waals surface area contributed by atoms with E-state index in [-0.39, 0.29) is 5.82 Å². The summed E-state index contributed by atoms with van der Waals surface area (Å²) in [6, 6.07) is 3.23. The summed E-state index contributed by atoms with van der Waals surface area (Å²) < 4.78 is 0.782. The van der Waals surface area contributed by atoms with E-state index in [0.717, 1.165) is 40.8 Å². The lowest BCUT2D eigenvalue weighted by atomic mass is 10.0. The zero-order chi connectivity index (χ0) is 30.9. The van der Waals surface area contributed by atoms with Crippen molar-refractivity contribution in [1.82, 2.24) is 20.2 Å². The Bertz CT molecular complexity index is 970. The predicted octanol–water partition coefficient (Wildman–Crippen LogP) is 3.69. The van der Waals surface area contributed by atoms with Crippen LogP contribution in [0.15, 0.2) is 22.8 Å². The van der Waals surface area contributed by atoms with Gasteiger partial charge in [0, 0.05) is 28.5 Å². The van der Waals surface area contributed by atoms with Crippen molar-refractivity contribution in [3.05, 3.63) is 38.4 Å². The van der Waals surface area contributed by atoms with Crippen molar-refractivity contribution in [1.29, 1.82) is 0 Å². The first-order valence-electron chi connectivity index (χ1n) is 13.1. The molecule has 1 aliphatic carbocycles. The number of carbonyl (C=O) groups is 4. The molecule has 0 aromatic carbocycles. The van der Waals surface area contributed by atoms with Crippen LogP contribution in [0.1, 0.15) is 72.7 Å². The molecule has 0 saturated heterocycles. The van der Waals surface area contributed by atoms with Crippen molar-refractivity contribution < 1.29 is 19.2 Å². The molecule has 3 rings (SSSR count). The van der Waals surface area contributed by atoms with Gasteiger partial charge in [0.1, 0.15) is 12.1 Å². The van der Waals surface area contributed by atoms with Gasteiger partial charge in [-0.05, 0) is 69.6 Å². The van der Waals surface area contributed by atoms with Crippen molar-refractivity contribution in [2.24, 2.45) is 11.5 Å². The third-order valence-corrected chi connectivity index (χ3v) is 6.54. The topological polar surface area (TPSA) is 173 Å². The summed E-state index contributed by atoms with van der Waals surface area (Å²) in [4.78, 5) is 51.9. The average Bonchev–Trinajstić information content (AvgIpc) is 3.32. The Hall–Kier alpha value is -2.74. The van der Waals surface area contributed by atoms with Crippen LogP contribution in [0.3, 0.4) is 0 Å². The minimum atomic E-state index is -1.04. The largest absolute Gasteiger partial charge is 0.364 e. The average molecular weight is 645 g/mol. The Morgan fingerprint density at radius 1 is 1.10 bits per heavy atom. The molecule has 226 valence electrons. The molecule has 0 aliphatic heterocycles. The second-order valence-corrected chi connectivity index (χ2v) is 10.8. The summed E-state index contributed by atoms with van der Waals surface area (Å²) in [5.74, 6) is -2.07. The Kier molecular flexibility index (Phi) is 24.9. The lowest BCUT2D eigenvalue weighted by Gasteiger charge is -2.05. The quantitative estimate of drug-likeness (QED) is 0.272. The molecule has 1 aliphatic rings. The molecule has 3 amide bonds. The standard InChI is InChI=1S/C8H13N3OS.C7H6BrN3O2.C6H12.C4H11N.C2H4O/c1-5-6(3-4-10-2)11-8(13-5)7(9)12;8-4-1-2-5(10-3-4)11-7(13)6(9)12;1-2-4-6-5-3-1;1-4-5(2)3;1-2-3/h10H,3-4H2,1-2H3,(H2,9,12);1-3H,(H2,9,12)(H,10,11,13);1-6H2;4H2,1-3H3;2H,1H3. The number of primary amides is 2. The van der Waals surface area contributed by atoms with Crippen LogP contribution in [0.2, 0.25) is 0 Å². The van der Waals surface area contributed by atoms with Crippen molar-refractivity contribution >= 4 is 57.1 Å². The van der Waals surface area contributed by atoms with Crippen LogP contribution in [-0.2, 0) is 20.8 Å². The van der Waals surface area contributed by atoms with Gasteiger partial charge in [-0.2, -0.15) is 0 Å². The van der Waals surface area contributed by atoms with Crippen LogP contribution in [0, 0.1) is 6.92 Å². The van der Waals surface area contributed by atoms with Gasteiger partial charge in [-0.3, -0.25) is 14.4 Å². The minimum absolute atomic E-state index is 0.284. The fourth-order valence-electron chi connectivity index (χ4n) is 2.70. The number of aromatic nitrogens is 2. The number of halogens is 1. The summed E-state index contributed by atoms with van der Waals surface area (Å²) in [7, 11) is 6.00. The van der Waals surface area contributed by atoms with E-state index in [1.165, 1.54) is 63.0 Å². The van der Waals surface area contributed by atoms with Crippen LogP contribution < -0.4 is 22.1 Å². The van der Waals surface area contributed by atoms with Gasteiger partial charge in [0.05, 0.1) is 5.69 Å². The first-order valence-corrected chi connectivity index (χ1v) is 14.7. The number of nitrogens with two attached hydrogens (primary N) is 2. The van der Waals surface area contributed by atoms with Crippen molar-refractivity contribution in [2.75, 3.05) is 39.5 Å². The van der Waals surface area contributed by atoms with E-state index in [2.05, 4.69) is 62.5 Å². The molecule has 0 atom stereocenters. The summed E-state index contributed by atoms with van der Waals surface area (Å²) in [6.45, 7) is 7.53. The van der Waals surface area contributed by atoms with Gasteiger partial charge in [0.2, 0.25) is 0 Å². The lowest BCUT2D eigenvalue weighted by Crippen LogP contribution is -2.29. The van der Waals surface area contributed by atoms with Gasteiger partial charge in [-0.1, -0.05) is 45.4 Å². The number of hydrogen-bond donors (Lipinski definition) is 4. The van der Waals surface area contributed by atoms with E-state index in [1.807, 2.05) is 14.0 Å². The second kappa shape index (κ2) is 25.2. The van der Waals surface area contributed by atoms with Gasteiger partial charge in [-0.25, -0.2) is 9.97 Å². The first-order chi connectivity index (χ1) is 18.9. The first kappa shape index (κ1) is 39.4. The monoisotopic (exact) mass is 643 g/mol.